The number of amides is 1. The molecule has 0 bridgehead atoms. The smallest absolute Gasteiger partial charge is 0.341 e. The van der Waals surface area contributed by atoms with Gasteiger partial charge in [-0.05, 0) is 19.2 Å². The number of aromatic nitrogens is 1. The molecule has 0 unspecified atom stereocenters. The van der Waals surface area contributed by atoms with E-state index in [-0.39, 0.29) is 10.9 Å². The molecule has 0 saturated carbocycles. The van der Waals surface area contributed by atoms with E-state index >= 15 is 0 Å². The van der Waals surface area contributed by atoms with Gasteiger partial charge in [0.25, 0.3) is 0 Å². The van der Waals surface area contributed by atoms with E-state index in [1.165, 1.54) is 17.8 Å². The summed E-state index contributed by atoms with van der Waals surface area (Å²) in [7, 11) is 3.40. The van der Waals surface area contributed by atoms with Gasteiger partial charge in [-0.3, -0.25) is 19.3 Å². The van der Waals surface area contributed by atoms with Crippen LogP contribution in [0.3, 0.4) is 0 Å². The number of aromatic carboxylic acids is 1. The van der Waals surface area contributed by atoms with Crippen LogP contribution in [-0.4, -0.2) is 67.3 Å². The number of carboxylic acids is 1. The number of rotatable bonds is 4. The van der Waals surface area contributed by atoms with Gasteiger partial charge in [0.2, 0.25) is 11.8 Å². The van der Waals surface area contributed by atoms with Gasteiger partial charge in [-0.15, -0.1) is 0 Å². The average Bonchev–Trinajstić information content (AvgIpc) is 2.62. The van der Waals surface area contributed by atoms with Gasteiger partial charge in [0.05, 0.1) is 16.6 Å². The molecule has 1 aliphatic rings. The molecule has 1 aromatic heterocycles. The van der Waals surface area contributed by atoms with E-state index in [1.54, 1.807) is 0 Å². The Labute approximate surface area is 148 Å². The molecule has 0 atom stereocenters. The number of nitrogens with zero attached hydrogens (tertiary/aromatic N) is 4. The van der Waals surface area contributed by atoms with Gasteiger partial charge < -0.3 is 14.9 Å². The molecule has 9 heteroatoms. The lowest BCUT2D eigenvalue weighted by molar-refractivity contribution is -0.108. The first kappa shape index (κ1) is 17.9. The van der Waals surface area contributed by atoms with Crippen molar-refractivity contribution in [3.05, 3.63) is 39.9 Å². The van der Waals surface area contributed by atoms with Crippen molar-refractivity contribution in [1.29, 1.82) is 0 Å². The molecular weight excluding hydrogens is 343 g/mol. The van der Waals surface area contributed by atoms with Crippen molar-refractivity contribution in [2.45, 2.75) is 0 Å². The third-order valence-electron chi connectivity index (χ3n) is 4.62. The van der Waals surface area contributed by atoms with Crippen molar-refractivity contribution >= 4 is 29.0 Å². The number of halogens is 1. The summed E-state index contributed by atoms with van der Waals surface area (Å²) >= 11 is 0. The molecule has 0 spiro atoms. The van der Waals surface area contributed by atoms with Crippen LogP contribution in [0.4, 0.5) is 10.1 Å². The highest BCUT2D eigenvalue weighted by Gasteiger charge is 2.22. The Bertz CT molecular complexity index is 934. The summed E-state index contributed by atoms with van der Waals surface area (Å²) in [5.41, 5.74) is -0.726. The Kier molecular flexibility index (Phi) is 4.64. The lowest BCUT2D eigenvalue weighted by Crippen LogP contribution is -2.44. The van der Waals surface area contributed by atoms with Gasteiger partial charge in [-0.2, -0.15) is 0 Å². The maximum Gasteiger partial charge on any atom is 0.341 e. The number of hydrogen-bond donors (Lipinski definition) is 1. The SMILES string of the molecule is CN1CCN(c2cc3c(cc2F)c(=O)c(C(=O)O)cn3N(C)C=O)CC1. The van der Waals surface area contributed by atoms with Crippen LogP contribution in [0, 0.1) is 5.82 Å². The van der Waals surface area contributed by atoms with Crippen molar-refractivity contribution in [3.63, 3.8) is 0 Å². The Morgan fingerprint density at radius 1 is 1.27 bits per heavy atom. The van der Waals surface area contributed by atoms with Gasteiger partial charge in [0.15, 0.2) is 0 Å². The molecule has 1 amide bonds. The fraction of sp³-hybridized carbons (Fsp3) is 0.353. The van der Waals surface area contributed by atoms with Crippen LogP contribution in [-0.2, 0) is 4.79 Å². The number of piperazine rings is 1. The summed E-state index contributed by atoms with van der Waals surface area (Å²) < 4.78 is 15.9. The molecule has 138 valence electrons. The van der Waals surface area contributed by atoms with Crippen molar-refractivity contribution in [2.24, 2.45) is 0 Å². The maximum absolute atomic E-state index is 14.7. The molecule has 1 fully saturated rings. The van der Waals surface area contributed by atoms with Gasteiger partial charge in [0.1, 0.15) is 11.4 Å². The minimum atomic E-state index is -1.44. The first-order valence-corrected chi connectivity index (χ1v) is 8.07. The summed E-state index contributed by atoms with van der Waals surface area (Å²) in [5, 5.41) is 10.2. The zero-order valence-electron chi connectivity index (χ0n) is 14.5. The minimum absolute atomic E-state index is 0.0889. The zero-order chi connectivity index (χ0) is 19.0. The number of carbonyl (C=O) groups is 2. The highest BCUT2D eigenvalue weighted by Crippen LogP contribution is 2.26. The molecule has 1 aliphatic heterocycles. The van der Waals surface area contributed by atoms with E-state index in [9.17, 15) is 23.9 Å². The Morgan fingerprint density at radius 2 is 1.92 bits per heavy atom. The largest absolute Gasteiger partial charge is 0.477 e. The normalized spacial score (nSPS) is 15.3. The summed E-state index contributed by atoms with van der Waals surface area (Å²) in [6.07, 6.45) is 1.56. The molecule has 2 heterocycles. The van der Waals surface area contributed by atoms with Crippen LogP contribution in [0.15, 0.2) is 23.1 Å². The second-order valence-electron chi connectivity index (χ2n) is 6.31. The molecule has 26 heavy (non-hydrogen) atoms. The van der Waals surface area contributed by atoms with Crippen molar-refractivity contribution in [3.8, 4) is 0 Å². The fourth-order valence-electron chi connectivity index (χ4n) is 3.07. The quantitative estimate of drug-likeness (QED) is 0.788. The minimum Gasteiger partial charge on any atom is -0.477 e. The number of pyridine rings is 1. The molecular formula is C17H19FN4O4. The van der Waals surface area contributed by atoms with Crippen molar-refractivity contribution in [1.82, 2.24) is 9.58 Å². The number of benzene rings is 1. The van der Waals surface area contributed by atoms with Crippen molar-refractivity contribution in [2.75, 3.05) is 50.2 Å². The van der Waals surface area contributed by atoms with Crippen molar-refractivity contribution < 1.29 is 19.1 Å². The molecule has 0 radical (unpaired) electrons. The van der Waals surface area contributed by atoms with Crippen LogP contribution in [0.25, 0.3) is 10.9 Å². The van der Waals surface area contributed by atoms with Crippen LogP contribution in [0.5, 0.6) is 0 Å². The monoisotopic (exact) mass is 362 g/mol. The number of carbonyl (C=O) groups excluding carboxylic acids is 1. The average molecular weight is 362 g/mol. The topological polar surface area (TPSA) is 86.1 Å². The Balaban J connectivity index is 2.24. The van der Waals surface area contributed by atoms with E-state index in [2.05, 4.69) is 4.90 Å². The fourth-order valence-corrected chi connectivity index (χ4v) is 3.07. The first-order chi connectivity index (χ1) is 12.3. The van der Waals surface area contributed by atoms with E-state index in [0.29, 0.717) is 25.2 Å². The summed E-state index contributed by atoms with van der Waals surface area (Å²) in [4.78, 5) is 39.0. The lowest BCUT2D eigenvalue weighted by atomic mass is 10.1. The molecule has 1 saturated heterocycles. The standard InChI is InChI=1S/C17H19FN4O4/c1-19-3-5-21(6-4-19)15-8-14-11(7-13(15)18)16(24)12(17(25)26)9-22(14)20(2)10-23/h7-10H,3-6H2,1-2H3,(H,25,26). The van der Waals surface area contributed by atoms with Gasteiger partial charge in [-0.1, -0.05) is 0 Å². The van der Waals surface area contributed by atoms with Gasteiger partial charge >= 0.3 is 5.97 Å². The van der Waals surface area contributed by atoms with Gasteiger partial charge in [0, 0.05) is 39.4 Å². The molecule has 1 aromatic carbocycles. The van der Waals surface area contributed by atoms with E-state index in [0.717, 1.165) is 30.4 Å². The molecule has 2 aromatic rings. The van der Waals surface area contributed by atoms with E-state index < -0.39 is 22.8 Å². The molecule has 8 nitrogen and oxygen atoms in total. The number of fused-ring (bicyclic) bond motifs is 1. The molecule has 0 aliphatic carbocycles. The van der Waals surface area contributed by atoms with Crippen LogP contribution in [0.2, 0.25) is 0 Å². The molecule has 3 rings (SSSR count). The summed E-state index contributed by atoms with van der Waals surface area (Å²) in [6, 6.07) is 2.54. The summed E-state index contributed by atoms with van der Waals surface area (Å²) in [5.74, 6) is -2.03. The second-order valence-corrected chi connectivity index (χ2v) is 6.31. The third-order valence-corrected chi connectivity index (χ3v) is 4.62. The Morgan fingerprint density at radius 3 is 2.50 bits per heavy atom. The highest BCUT2D eigenvalue weighted by atomic mass is 19.1. The summed E-state index contributed by atoms with van der Waals surface area (Å²) in [6.45, 7) is 2.80. The van der Waals surface area contributed by atoms with Crippen LogP contribution < -0.4 is 15.3 Å². The van der Waals surface area contributed by atoms with E-state index in [1.807, 2.05) is 11.9 Å². The third kappa shape index (κ3) is 3.01. The lowest BCUT2D eigenvalue weighted by Gasteiger charge is -2.34. The first-order valence-electron chi connectivity index (χ1n) is 8.07. The van der Waals surface area contributed by atoms with E-state index in [4.69, 9.17) is 0 Å². The highest BCUT2D eigenvalue weighted by molar-refractivity contribution is 5.94. The van der Waals surface area contributed by atoms with Crippen LogP contribution in [0.1, 0.15) is 10.4 Å². The van der Waals surface area contributed by atoms with Gasteiger partial charge in [-0.25, -0.2) is 9.18 Å². The van der Waals surface area contributed by atoms with Crippen LogP contribution >= 0.6 is 0 Å². The zero-order valence-corrected chi connectivity index (χ0v) is 14.5. The predicted octanol–water partition coefficient (Wildman–Crippen LogP) is 0.315. The number of likely N-dealkylation sites (N-methyl/N-ethyl adjacent to an activating group) is 1. The number of anilines is 1. The second kappa shape index (κ2) is 6.75. The predicted molar refractivity (Wildman–Crippen MR) is 95.0 cm³/mol. The molecule has 1 N–H and O–H groups in total. The number of carboxylic acid groups (broad SMARTS) is 1. The maximum atomic E-state index is 14.7. The number of hydrogen-bond acceptors (Lipinski definition) is 5. The Hall–Kier alpha value is -2.94.